The Morgan fingerprint density at radius 3 is 2.90 bits per heavy atom. The molecule has 4 nitrogen and oxygen atoms in total. The van der Waals surface area contributed by atoms with Crippen LogP contribution in [0.1, 0.15) is 35.8 Å². The van der Waals surface area contributed by atoms with Gasteiger partial charge in [0.15, 0.2) is 6.29 Å². The van der Waals surface area contributed by atoms with E-state index in [0.717, 1.165) is 36.5 Å². The number of likely N-dealkylation sites (tertiary alicyclic amines) is 1. The van der Waals surface area contributed by atoms with Gasteiger partial charge in [-0.05, 0) is 56.9 Å². The minimum absolute atomic E-state index is 0.666. The van der Waals surface area contributed by atoms with E-state index in [1.54, 1.807) is 0 Å². The third kappa shape index (κ3) is 2.61. The first-order valence-electron chi connectivity index (χ1n) is 7.44. The number of hydrogen-bond donors (Lipinski definition) is 0. The molecule has 1 fully saturated rings. The van der Waals surface area contributed by atoms with Crippen molar-refractivity contribution in [2.24, 2.45) is 5.92 Å². The summed E-state index contributed by atoms with van der Waals surface area (Å²) in [5, 5.41) is 0. The van der Waals surface area contributed by atoms with Gasteiger partial charge in [-0.15, -0.1) is 0 Å². The molecule has 106 valence electrons. The summed E-state index contributed by atoms with van der Waals surface area (Å²) in [6.07, 6.45) is 8.43. The molecule has 0 aliphatic carbocycles. The molecule has 4 heteroatoms. The normalized spacial score (nSPS) is 17.6. The van der Waals surface area contributed by atoms with Crippen LogP contribution in [0.3, 0.4) is 0 Å². The fraction of sp³-hybridized carbons (Fsp3) is 0.500. The summed E-state index contributed by atoms with van der Waals surface area (Å²) >= 11 is 0. The average Bonchev–Trinajstić information content (AvgIpc) is 2.90. The molecule has 3 heterocycles. The van der Waals surface area contributed by atoms with Gasteiger partial charge in [0, 0.05) is 12.4 Å². The molecular formula is C16H21N3O. The Kier molecular flexibility index (Phi) is 3.83. The molecule has 0 N–H and O–H groups in total. The van der Waals surface area contributed by atoms with E-state index in [9.17, 15) is 4.79 Å². The number of carbonyl (C=O) groups excluding carboxylic acids is 1. The average molecular weight is 271 g/mol. The molecule has 0 bridgehead atoms. The maximum atomic E-state index is 11.0. The molecule has 0 atom stereocenters. The van der Waals surface area contributed by atoms with Crippen molar-refractivity contribution in [3.05, 3.63) is 35.8 Å². The lowest BCUT2D eigenvalue weighted by Gasteiger charge is -2.30. The lowest BCUT2D eigenvalue weighted by atomic mass is 9.92. The molecule has 2 aromatic rings. The first-order chi connectivity index (χ1) is 9.80. The van der Waals surface area contributed by atoms with Crippen molar-refractivity contribution in [2.75, 3.05) is 19.6 Å². The van der Waals surface area contributed by atoms with Gasteiger partial charge in [0.05, 0.1) is 11.3 Å². The fourth-order valence-corrected chi connectivity index (χ4v) is 3.08. The smallest absolute Gasteiger partial charge is 0.153 e. The number of aromatic nitrogens is 2. The fourth-order valence-electron chi connectivity index (χ4n) is 3.08. The monoisotopic (exact) mass is 271 g/mol. The largest absolute Gasteiger partial charge is 0.306 e. The summed E-state index contributed by atoms with van der Waals surface area (Å²) < 4.78 is 1.96. The van der Waals surface area contributed by atoms with E-state index < -0.39 is 0 Å². The third-order valence-corrected chi connectivity index (χ3v) is 4.34. The van der Waals surface area contributed by atoms with Crippen LogP contribution in [0.4, 0.5) is 0 Å². The molecule has 1 aliphatic rings. The second-order valence-electron chi connectivity index (χ2n) is 5.63. The van der Waals surface area contributed by atoms with Crippen molar-refractivity contribution < 1.29 is 4.79 Å². The highest BCUT2D eigenvalue weighted by atomic mass is 16.1. The molecule has 0 amide bonds. The standard InChI is InChI=1S/C16H21N3O/c1-2-18-8-5-13(6-9-18)10-15-11-19-7-3-4-14(12-20)16(19)17-15/h3-4,7,11-13H,2,5-6,8-10H2,1H3. The number of imidazole rings is 1. The number of piperidine rings is 1. The number of fused-ring (bicyclic) bond motifs is 1. The van der Waals surface area contributed by atoms with Crippen LogP contribution in [0, 0.1) is 5.92 Å². The Hall–Kier alpha value is -1.68. The van der Waals surface area contributed by atoms with Gasteiger partial charge in [-0.1, -0.05) is 6.92 Å². The molecule has 0 aromatic carbocycles. The Balaban J connectivity index is 1.73. The summed E-state index contributed by atoms with van der Waals surface area (Å²) in [5.74, 6) is 0.724. The van der Waals surface area contributed by atoms with Crippen LogP contribution in [0.2, 0.25) is 0 Å². The van der Waals surface area contributed by atoms with Crippen molar-refractivity contribution in [1.82, 2.24) is 14.3 Å². The van der Waals surface area contributed by atoms with Crippen molar-refractivity contribution in [2.45, 2.75) is 26.2 Å². The summed E-state index contributed by atoms with van der Waals surface area (Å²) in [6, 6.07) is 3.71. The number of rotatable bonds is 4. The van der Waals surface area contributed by atoms with Crippen LogP contribution in [-0.4, -0.2) is 40.2 Å². The van der Waals surface area contributed by atoms with Gasteiger partial charge in [-0.2, -0.15) is 0 Å². The molecule has 0 unspecified atom stereocenters. The van der Waals surface area contributed by atoms with E-state index in [-0.39, 0.29) is 0 Å². The highest BCUT2D eigenvalue weighted by Gasteiger charge is 2.19. The van der Waals surface area contributed by atoms with E-state index in [1.165, 1.54) is 25.9 Å². The number of nitrogens with zero attached hydrogens (tertiary/aromatic N) is 3. The first-order valence-corrected chi connectivity index (χ1v) is 7.44. The van der Waals surface area contributed by atoms with E-state index in [4.69, 9.17) is 0 Å². The zero-order chi connectivity index (χ0) is 13.9. The lowest BCUT2D eigenvalue weighted by molar-refractivity contribution is 0.112. The Bertz CT molecular complexity index is 597. The topological polar surface area (TPSA) is 37.6 Å². The minimum atomic E-state index is 0.666. The van der Waals surface area contributed by atoms with Crippen molar-refractivity contribution >= 4 is 11.9 Å². The maximum Gasteiger partial charge on any atom is 0.153 e. The number of carbonyl (C=O) groups is 1. The van der Waals surface area contributed by atoms with E-state index in [2.05, 4.69) is 23.0 Å². The zero-order valence-corrected chi connectivity index (χ0v) is 12.0. The van der Waals surface area contributed by atoms with Gasteiger partial charge in [0.2, 0.25) is 0 Å². The van der Waals surface area contributed by atoms with Crippen LogP contribution in [0.25, 0.3) is 5.65 Å². The highest BCUT2D eigenvalue weighted by Crippen LogP contribution is 2.21. The molecule has 2 aromatic heterocycles. The number of pyridine rings is 1. The maximum absolute atomic E-state index is 11.0. The minimum Gasteiger partial charge on any atom is -0.306 e. The van der Waals surface area contributed by atoms with Crippen LogP contribution in [0.15, 0.2) is 24.5 Å². The Labute approximate surface area is 119 Å². The molecular weight excluding hydrogens is 250 g/mol. The summed E-state index contributed by atoms with van der Waals surface area (Å²) in [7, 11) is 0. The van der Waals surface area contributed by atoms with Crippen LogP contribution >= 0.6 is 0 Å². The second-order valence-corrected chi connectivity index (χ2v) is 5.63. The van der Waals surface area contributed by atoms with Gasteiger partial charge >= 0.3 is 0 Å². The molecule has 0 saturated carbocycles. The van der Waals surface area contributed by atoms with E-state index in [1.807, 2.05) is 22.7 Å². The van der Waals surface area contributed by atoms with Gasteiger partial charge in [0.1, 0.15) is 5.65 Å². The summed E-state index contributed by atoms with van der Waals surface area (Å²) in [4.78, 5) is 18.2. The number of hydrogen-bond acceptors (Lipinski definition) is 3. The highest BCUT2D eigenvalue weighted by molar-refractivity contribution is 5.84. The lowest BCUT2D eigenvalue weighted by Crippen LogP contribution is -2.34. The predicted molar refractivity (Wildman–Crippen MR) is 79.1 cm³/mol. The SMILES string of the molecule is CCN1CCC(Cc2cn3cccc(C=O)c3n2)CC1. The van der Waals surface area contributed by atoms with Crippen LogP contribution in [-0.2, 0) is 6.42 Å². The molecule has 1 aliphatic heterocycles. The number of aldehydes is 1. The zero-order valence-electron chi connectivity index (χ0n) is 12.0. The van der Waals surface area contributed by atoms with Crippen LogP contribution < -0.4 is 0 Å². The van der Waals surface area contributed by atoms with Gasteiger partial charge < -0.3 is 9.30 Å². The summed E-state index contributed by atoms with van der Waals surface area (Å²) in [5.41, 5.74) is 2.55. The first kappa shape index (κ1) is 13.3. The molecule has 20 heavy (non-hydrogen) atoms. The van der Waals surface area contributed by atoms with Gasteiger partial charge in [0.25, 0.3) is 0 Å². The van der Waals surface area contributed by atoms with E-state index >= 15 is 0 Å². The van der Waals surface area contributed by atoms with Crippen molar-refractivity contribution in [3.63, 3.8) is 0 Å². The Morgan fingerprint density at radius 1 is 1.40 bits per heavy atom. The van der Waals surface area contributed by atoms with E-state index in [0.29, 0.717) is 5.56 Å². The van der Waals surface area contributed by atoms with Crippen molar-refractivity contribution in [1.29, 1.82) is 0 Å². The molecule has 0 radical (unpaired) electrons. The van der Waals surface area contributed by atoms with Crippen molar-refractivity contribution in [3.8, 4) is 0 Å². The summed E-state index contributed by atoms with van der Waals surface area (Å²) in [6.45, 7) is 5.79. The van der Waals surface area contributed by atoms with Gasteiger partial charge in [-0.3, -0.25) is 4.79 Å². The molecule has 0 spiro atoms. The van der Waals surface area contributed by atoms with Crippen LogP contribution in [0.5, 0.6) is 0 Å². The second kappa shape index (κ2) is 5.75. The predicted octanol–water partition coefficient (Wildman–Crippen LogP) is 2.42. The quantitative estimate of drug-likeness (QED) is 0.801. The molecule has 3 rings (SSSR count). The Morgan fingerprint density at radius 2 is 2.20 bits per heavy atom. The third-order valence-electron chi connectivity index (χ3n) is 4.34. The van der Waals surface area contributed by atoms with Gasteiger partial charge in [-0.25, -0.2) is 4.98 Å². The molecule has 1 saturated heterocycles.